The molecule has 0 radical (unpaired) electrons. The number of anilines is 1. The number of carbonyl (C=O) groups excluding carboxylic acids is 1. The van der Waals surface area contributed by atoms with Gasteiger partial charge in [0.15, 0.2) is 0 Å². The van der Waals surface area contributed by atoms with Gasteiger partial charge in [0.25, 0.3) is 0 Å². The number of hydrogen-bond donors (Lipinski definition) is 1. The normalized spacial score (nSPS) is 11.8. The summed E-state index contributed by atoms with van der Waals surface area (Å²) >= 11 is 1.24. The Morgan fingerprint density at radius 3 is 2.88 bits per heavy atom. The first kappa shape index (κ1) is 13.2. The van der Waals surface area contributed by atoms with Crippen molar-refractivity contribution in [3.63, 3.8) is 0 Å². The van der Waals surface area contributed by atoms with Gasteiger partial charge >= 0.3 is 5.97 Å². The molecule has 1 aromatic heterocycles. The molecule has 0 bridgehead atoms. The Kier molecular flexibility index (Phi) is 4.66. The molecule has 0 aliphatic heterocycles. The Balaban J connectivity index is 3.23. The third-order valence-corrected chi connectivity index (χ3v) is 3.00. The highest BCUT2D eigenvalue weighted by Gasteiger charge is 2.17. The number of nitrogens with two attached hydrogens (primary N) is 1. The molecule has 0 saturated carbocycles. The van der Waals surface area contributed by atoms with Gasteiger partial charge in [0.1, 0.15) is 4.88 Å². The van der Waals surface area contributed by atoms with Gasteiger partial charge in [0.2, 0.25) is 0 Å². The molecule has 0 fully saturated rings. The van der Waals surface area contributed by atoms with Gasteiger partial charge in [0.05, 0.1) is 18.5 Å². The van der Waals surface area contributed by atoms with Crippen molar-refractivity contribution in [1.29, 1.82) is 0 Å². The number of allylic oxidation sites excluding steroid dienone is 2. The molecule has 1 aromatic rings. The van der Waals surface area contributed by atoms with Crippen molar-refractivity contribution < 1.29 is 9.53 Å². The predicted molar refractivity (Wildman–Crippen MR) is 72.4 cm³/mol. The summed E-state index contributed by atoms with van der Waals surface area (Å²) in [5, 5.41) is 1.78. The number of esters is 1. The van der Waals surface area contributed by atoms with Gasteiger partial charge in [-0.1, -0.05) is 12.7 Å². The fourth-order valence-corrected chi connectivity index (χ4v) is 2.17. The molecular weight excluding hydrogens is 236 g/mol. The molecule has 0 spiro atoms. The summed E-state index contributed by atoms with van der Waals surface area (Å²) in [5.41, 5.74) is 7.68. The van der Waals surface area contributed by atoms with Crippen molar-refractivity contribution in [1.82, 2.24) is 0 Å². The lowest BCUT2D eigenvalue weighted by atomic mass is 10.2. The van der Waals surface area contributed by atoms with Gasteiger partial charge in [0, 0.05) is 17.2 Å². The third kappa shape index (κ3) is 2.82. The fraction of sp³-hybridized carbons (Fsp3) is 0.167. The second-order valence-corrected chi connectivity index (χ2v) is 3.94. The minimum Gasteiger partial charge on any atom is -0.465 e. The number of nitrogen functional groups attached to an aromatic ring is 1. The first-order chi connectivity index (χ1) is 8.15. The summed E-state index contributed by atoms with van der Waals surface area (Å²) in [5.74, 6) is -0.433. The average molecular weight is 250 g/mol. The summed E-state index contributed by atoms with van der Waals surface area (Å²) < 4.78 is 4.64. The number of carbonyl (C=O) groups is 1. The fourth-order valence-electron chi connectivity index (χ4n) is 1.27. The summed E-state index contributed by atoms with van der Waals surface area (Å²) in [6.45, 7) is 5.42. The van der Waals surface area contributed by atoms with Crippen LogP contribution in [0.1, 0.15) is 22.2 Å². The van der Waals surface area contributed by atoms with Gasteiger partial charge in [-0.3, -0.25) is 4.99 Å². The monoisotopic (exact) mass is 250 g/mol. The second kappa shape index (κ2) is 6.00. The summed E-state index contributed by atoms with van der Waals surface area (Å²) in [4.78, 5) is 16.0. The van der Waals surface area contributed by atoms with E-state index in [0.717, 1.165) is 0 Å². The molecule has 17 heavy (non-hydrogen) atoms. The first-order valence-electron chi connectivity index (χ1n) is 4.92. The molecule has 90 valence electrons. The molecule has 0 aliphatic carbocycles. The predicted octanol–water partition coefficient (Wildman–Crippen LogP) is 2.73. The van der Waals surface area contributed by atoms with Crippen molar-refractivity contribution in [2.24, 2.45) is 4.99 Å². The molecule has 0 atom stereocenters. The highest BCUT2D eigenvalue weighted by atomic mass is 32.1. The zero-order valence-corrected chi connectivity index (χ0v) is 10.6. The van der Waals surface area contributed by atoms with Crippen LogP contribution in [0.5, 0.6) is 0 Å². The molecule has 0 unspecified atom stereocenters. The molecule has 1 heterocycles. The summed E-state index contributed by atoms with van der Waals surface area (Å²) in [7, 11) is 1.33. The SMILES string of the molecule is C=C/C=C(\N=CC)c1csc(C(=O)OC)c1N. The van der Waals surface area contributed by atoms with E-state index in [1.807, 2.05) is 0 Å². The minimum absolute atomic E-state index is 0.389. The van der Waals surface area contributed by atoms with Gasteiger partial charge in [-0.25, -0.2) is 4.79 Å². The lowest BCUT2D eigenvalue weighted by Crippen LogP contribution is -2.02. The molecule has 1 rings (SSSR count). The number of thiophene rings is 1. The van der Waals surface area contributed by atoms with E-state index < -0.39 is 5.97 Å². The maximum Gasteiger partial charge on any atom is 0.350 e. The second-order valence-electron chi connectivity index (χ2n) is 3.06. The number of hydrogen-bond acceptors (Lipinski definition) is 5. The van der Waals surface area contributed by atoms with E-state index in [0.29, 0.717) is 21.8 Å². The summed E-state index contributed by atoms with van der Waals surface area (Å²) in [6.07, 6.45) is 5.01. The number of aliphatic imine (C=N–C) groups is 1. The molecule has 0 aromatic carbocycles. The van der Waals surface area contributed by atoms with Crippen molar-refractivity contribution >= 4 is 34.9 Å². The quantitative estimate of drug-likeness (QED) is 0.507. The molecule has 0 saturated heterocycles. The van der Waals surface area contributed by atoms with E-state index in [4.69, 9.17) is 5.73 Å². The number of nitrogens with zero attached hydrogens (tertiary/aromatic N) is 1. The Hall–Kier alpha value is -1.88. The van der Waals surface area contributed by atoms with Crippen LogP contribution >= 0.6 is 11.3 Å². The van der Waals surface area contributed by atoms with Gasteiger partial charge in [-0.15, -0.1) is 11.3 Å². The molecule has 4 nitrogen and oxygen atoms in total. The third-order valence-electron chi connectivity index (χ3n) is 2.02. The Morgan fingerprint density at radius 1 is 1.65 bits per heavy atom. The minimum atomic E-state index is -0.433. The highest BCUT2D eigenvalue weighted by molar-refractivity contribution is 7.12. The van der Waals surface area contributed by atoms with Crippen LogP contribution in [0.15, 0.2) is 29.1 Å². The maximum absolute atomic E-state index is 11.4. The highest BCUT2D eigenvalue weighted by Crippen LogP contribution is 2.31. The topological polar surface area (TPSA) is 64.7 Å². The standard InChI is InChI=1S/C12H14N2O2S/c1-4-6-9(14-5-2)8-7-17-11(10(8)13)12(15)16-3/h4-7H,1,13H2,2-3H3/b9-6-,14-5?. The van der Waals surface area contributed by atoms with E-state index in [2.05, 4.69) is 16.3 Å². The van der Waals surface area contributed by atoms with Crippen molar-refractivity contribution in [2.45, 2.75) is 6.92 Å². The first-order valence-corrected chi connectivity index (χ1v) is 5.80. The smallest absolute Gasteiger partial charge is 0.350 e. The van der Waals surface area contributed by atoms with Crippen LogP contribution < -0.4 is 5.73 Å². The van der Waals surface area contributed by atoms with Gasteiger partial charge < -0.3 is 10.5 Å². The van der Waals surface area contributed by atoms with Crippen molar-refractivity contribution in [2.75, 3.05) is 12.8 Å². The number of methoxy groups -OCH3 is 1. The molecule has 0 amide bonds. The van der Waals surface area contributed by atoms with Crippen LogP contribution in [0.3, 0.4) is 0 Å². The van der Waals surface area contributed by atoms with E-state index >= 15 is 0 Å². The molecular formula is C12H14N2O2S. The maximum atomic E-state index is 11.4. The lowest BCUT2D eigenvalue weighted by molar-refractivity contribution is 0.0607. The zero-order valence-electron chi connectivity index (χ0n) is 9.77. The van der Waals surface area contributed by atoms with Crippen LogP contribution in [0.2, 0.25) is 0 Å². The Bertz CT molecular complexity index is 487. The Morgan fingerprint density at radius 2 is 2.35 bits per heavy atom. The molecule has 2 N–H and O–H groups in total. The van der Waals surface area contributed by atoms with E-state index in [1.165, 1.54) is 18.4 Å². The average Bonchev–Trinajstić information content (AvgIpc) is 2.70. The van der Waals surface area contributed by atoms with Crippen molar-refractivity contribution in [3.05, 3.63) is 34.6 Å². The van der Waals surface area contributed by atoms with Crippen molar-refractivity contribution in [3.8, 4) is 0 Å². The van der Waals surface area contributed by atoms with E-state index in [-0.39, 0.29) is 0 Å². The Labute approximate surface area is 104 Å². The van der Waals surface area contributed by atoms with Crippen LogP contribution in [-0.4, -0.2) is 19.3 Å². The number of rotatable bonds is 4. The van der Waals surface area contributed by atoms with Gasteiger partial charge in [-0.2, -0.15) is 0 Å². The van der Waals surface area contributed by atoms with E-state index in [1.54, 1.807) is 30.7 Å². The van der Waals surface area contributed by atoms with E-state index in [9.17, 15) is 4.79 Å². The van der Waals surface area contributed by atoms with Gasteiger partial charge in [-0.05, 0) is 13.0 Å². The number of ether oxygens (including phenoxy) is 1. The lowest BCUT2D eigenvalue weighted by Gasteiger charge is -2.01. The molecule has 5 heteroatoms. The zero-order chi connectivity index (χ0) is 12.8. The summed E-state index contributed by atoms with van der Waals surface area (Å²) in [6, 6.07) is 0. The van der Waals surface area contributed by atoms with Crippen LogP contribution in [0.25, 0.3) is 5.70 Å². The van der Waals surface area contributed by atoms with Crippen LogP contribution in [0, 0.1) is 0 Å². The van der Waals surface area contributed by atoms with Crippen LogP contribution in [-0.2, 0) is 4.74 Å². The largest absolute Gasteiger partial charge is 0.465 e. The molecule has 0 aliphatic rings. The van der Waals surface area contributed by atoms with Crippen LogP contribution in [0.4, 0.5) is 5.69 Å².